The van der Waals surface area contributed by atoms with E-state index in [4.69, 9.17) is 21.7 Å². The molecule has 0 radical (unpaired) electrons. The number of ether oxygens (including phenoxy) is 2. The van der Waals surface area contributed by atoms with Gasteiger partial charge in [-0.3, -0.25) is 19.8 Å². The molecular formula is C28H24N2O6S. The van der Waals surface area contributed by atoms with Crippen LogP contribution in [0.3, 0.4) is 0 Å². The van der Waals surface area contributed by atoms with Crippen LogP contribution in [0.15, 0.2) is 66.2 Å². The van der Waals surface area contributed by atoms with Crippen LogP contribution in [-0.4, -0.2) is 35.1 Å². The van der Waals surface area contributed by atoms with E-state index < -0.39 is 17.8 Å². The van der Waals surface area contributed by atoms with Crippen LogP contribution in [0.25, 0.3) is 6.08 Å². The Kier molecular flexibility index (Phi) is 7.35. The molecule has 1 fully saturated rings. The summed E-state index contributed by atoms with van der Waals surface area (Å²) in [5, 5.41) is 11.8. The Bertz CT molecular complexity index is 1440. The fraction of sp³-hybridized carbons (Fsp3) is 0.143. The smallest absolute Gasteiger partial charge is 0.335 e. The van der Waals surface area contributed by atoms with Gasteiger partial charge in [-0.25, -0.2) is 4.79 Å². The number of rotatable bonds is 7. The molecular weight excluding hydrogens is 492 g/mol. The molecule has 37 heavy (non-hydrogen) atoms. The van der Waals surface area contributed by atoms with Crippen molar-refractivity contribution in [2.75, 3.05) is 12.0 Å². The maximum absolute atomic E-state index is 13.3. The van der Waals surface area contributed by atoms with Gasteiger partial charge in [-0.15, -0.1) is 0 Å². The minimum absolute atomic E-state index is 0.0189. The van der Waals surface area contributed by atoms with Crippen LogP contribution in [0.1, 0.15) is 32.6 Å². The molecule has 188 valence electrons. The number of nitrogens with zero attached hydrogens (tertiary/aromatic N) is 1. The number of aryl methyl sites for hydroxylation is 2. The van der Waals surface area contributed by atoms with Gasteiger partial charge in [0.05, 0.1) is 18.4 Å². The summed E-state index contributed by atoms with van der Waals surface area (Å²) in [6.07, 6.45) is 1.47. The normalized spacial score (nSPS) is 14.5. The molecule has 1 aliphatic heterocycles. The topological polar surface area (TPSA) is 105 Å². The number of benzene rings is 3. The molecule has 2 N–H and O–H groups in total. The van der Waals surface area contributed by atoms with Gasteiger partial charge in [-0.05, 0) is 90.8 Å². The summed E-state index contributed by atoms with van der Waals surface area (Å²) in [5.74, 6) is -1.34. The molecule has 0 saturated carbocycles. The first kappa shape index (κ1) is 25.6. The third-order valence-electron chi connectivity index (χ3n) is 5.63. The molecule has 0 aliphatic carbocycles. The fourth-order valence-corrected chi connectivity index (χ4v) is 4.27. The van der Waals surface area contributed by atoms with Crippen molar-refractivity contribution in [1.29, 1.82) is 0 Å². The predicted molar refractivity (Wildman–Crippen MR) is 143 cm³/mol. The zero-order chi connectivity index (χ0) is 26.7. The molecule has 3 aromatic rings. The molecule has 0 atom stereocenters. The van der Waals surface area contributed by atoms with Gasteiger partial charge in [0, 0.05) is 0 Å². The lowest BCUT2D eigenvalue weighted by Gasteiger charge is -2.29. The number of hydrogen-bond acceptors (Lipinski definition) is 6. The minimum atomic E-state index is -1.02. The maximum Gasteiger partial charge on any atom is 0.335 e. The van der Waals surface area contributed by atoms with Gasteiger partial charge in [0.25, 0.3) is 11.8 Å². The molecule has 4 rings (SSSR count). The summed E-state index contributed by atoms with van der Waals surface area (Å²) < 4.78 is 11.3. The van der Waals surface area contributed by atoms with E-state index in [1.165, 1.54) is 30.2 Å². The van der Waals surface area contributed by atoms with Gasteiger partial charge < -0.3 is 14.6 Å². The SMILES string of the molecule is COc1cc(/C=C2\C(=O)NC(=S)N(c3cc(C)cc(C)c3)C2=O)ccc1OCc1cccc(C(=O)O)c1. The van der Waals surface area contributed by atoms with E-state index in [1.54, 1.807) is 30.3 Å². The first-order chi connectivity index (χ1) is 17.7. The second-order valence-corrected chi connectivity index (χ2v) is 8.89. The number of carboxylic acid groups (broad SMARTS) is 1. The van der Waals surface area contributed by atoms with Crippen molar-refractivity contribution in [3.8, 4) is 11.5 Å². The number of methoxy groups -OCH3 is 1. The van der Waals surface area contributed by atoms with Gasteiger partial charge in [-0.2, -0.15) is 0 Å². The molecule has 1 aliphatic rings. The number of aromatic carboxylic acids is 1. The Morgan fingerprint density at radius 1 is 1.03 bits per heavy atom. The van der Waals surface area contributed by atoms with Crippen molar-refractivity contribution >= 4 is 46.9 Å². The summed E-state index contributed by atoms with van der Waals surface area (Å²) in [7, 11) is 1.48. The van der Waals surface area contributed by atoms with Crippen molar-refractivity contribution in [2.24, 2.45) is 0 Å². The lowest BCUT2D eigenvalue weighted by Crippen LogP contribution is -2.54. The zero-order valence-electron chi connectivity index (χ0n) is 20.4. The van der Waals surface area contributed by atoms with Crippen molar-refractivity contribution in [2.45, 2.75) is 20.5 Å². The molecule has 0 spiro atoms. The van der Waals surface area contributed by atoms with Crippen LogP contribution in [0.2, 0.25) is 0 Å². The predicted octanol–water partition coefficient (Wildman–Crippen LogP) is 4.42. The molecule has 2 amide bonds. The van der Waals surface area contributed by atoms with Gasteiger partial charge in [0.15, 0.2) is 16.6 Å². The molecule has 1 saturated heterocycles. The third kappa shape index (κ3) is 5.68. The Labute approximate surface area is 219 Å². The first-order valence-corrected chi connectivity index (χ1v) is 11.7. The van der Waals surface area contributed by atoms with Crippen LogP contribution < -0.4 is 19.7 Å². The van der Waals surface area contributed by atoms with E-state index in [-0.39, 0.29) is 22.9 Å². The van der Waals surface area contributed by atoms with Crippen LogP contribution >= 0.6 is 12.2 Å². The standard InChI is InChI=1S/C28H24N2O6S/c1-16-9-17(2)11-21(10-16)30-26(32)22(25(31)29-28(30)37)13-18-7-8-23(24(14-18)35-3)36-15-19-5-4-6-20(12-19)27(33)34/h4-14H,15H2,1-3H3,(H,33,34)(H,29,31,37)/b22-13+. The number of carbonyl (C=O) groups excluding carboxylic acids is 2. The van der Waals surface area contributed by atoms with Gasteiger partial charge in [0.2, 0.25) is 0 Å². The summed E-state index contributed by atoms with van der Waals surface area (Å²) in [5.41, 5.74) is 3.82. The molecule has 3 aromatic carbocycles. The lowest BCUT2D eigenvalue weighted by atomic mass is 10.1. The van der Waals surface area contributed by atoms with E-state index in [1.807, 2.05) is 32.0 Å². The Morgan fingerprint density at radius 3 is 2.43 bits per heavy atom. The number of anilines is 1. The highest BCUT2D eigenvalue weighted by atomic mass is 32.1. The van der Waals surface area contributed by atoms with Crippen molar-refractivity contribution in [3.05, 3.63) is 94.1 Å². The summed E-state index contributed by atoms with van der Waals surface area (Å²) >= 11 is 5.29. The highest BCUT2D eigenvalue weighted by Gasteiger charge is 2.34. The number of carbonyl (C=O) groups is 3. The quantitative estimate of drug-likeness (QED) is 0.272. The van der Waals surface area contributed by atoms with Crippen LogP contribution in [-0.2, 0) is 16.2 Å². The molecule has 9 heteroatoms. The van der Waals surface area contributed by atoms with E-state index >= 15 is 0 Å². The van der Waals surface area contributed by atoms with Crippen LogP contribution in [0, 0.1) is 13.8 Å². The van der Waals surface area contributed by atoms with E-state index in [9.17, 15) is 19.5 Å². The largest absolute Gasteiger partial charge is 0.493 e. The molecule has 0 aromatic heterocycles. The van der Waals surface area contributed by atoms with E-state index in [2.05, 4.69) is 5.32 Å². The fourth-order valence-electron chi connectivity index (χ4n) is 3.99. The van der Waals surface area contributed by atoms with E-state index in [0.717, 1.165) is 11.1 Å². The van der Waals surface area contributed by atoms with Crippen molar-refractivity contribution in [1.82, 2.24) is 5.32 Å². The number of thiocarbonyl (C=S) groups is 1. The van der Waals surface area contributed by atoms with Crippen LogP contribution in [0.5, 0.6) is 11.5 Å². The number of amides is 2. The summed E-state index contributed by atoms with van der Waals surface area (Å²) in [6.45, 7) is 3.96. The Morgan fingerprint density at radius 2 is 1.76 bits per heavy atom. The number of carboxylic acids is 1. The van der Waals surface area contributed by atoms with Gasteiger partial charge in [0.1, 0.15) is 12.2 Å². The monoisotopic (exact) mass is 516 g/mol. The third-order valence-corrected chi connectivity index (χ3v) is 5.92. The van der Waals surface area contributed by atoms with Gasteiger partial charge >= 0.3 is 5.97 Å². The molecule has 0 bridgehead atoms. The average molecular weight is 517 g/mol. The highest BCUT2D eigenvalue weighted by molar-refractivity contribution is 7.80. The summed E-state index contributed by atoms with van der Waals surface area (Å²) in [6, 6.07) is 17.1. The summed E-state index contributed by atoms with van der Waals surface area (Å²) in [4.78, 5) is 38.5. The Balaban J connectivity index is 1.59. The maximum atomic E-state index is 13.3. The van der Waals surface area contributed by atoms with Crippen molar-refractivity contribution < 1.29 is 29.0 Å². The lowest BCUT2D eigenvalue weighted by molar-refractivity contribution is -0.122. The second kappa shape index (κ2) is 10.6. The van der Waals surface area contributed by atoms with Gasteiger partial charge in [-0.1, -0.05) is 24.3 Å². The van der Waals surface area contributed by atoms with Crippen LogP contribution in [0.4, 0.5) is 5.69 Å². The molecule has 0 unspecified atom stereocenters. The second-order valence-electron chi connectivity index (χ2n) is 8.51. The highest BCUT2D eigenvalue weighted by Crippen LogP contribution is 2.31. The van der Waals surface area contributed by atoms with Crippen molar-refractivity contribution in [3.63, 3.8) is 0 Å². The van der Waals surface area contributed by atoms with E-state index in [0.29, 0.717) is 28.3 Å². The number of nitrogens with one attached hydrogen (secondary N) is 1. The Hall–Kier alpha value is -4.50. The minimum Gasteiger partial charge on any atom is -0.493 e. The zero-order valence-corrected chi connectivity index (χ0v) is 21.2. The first-order valence-electron chi connectivity index (χ1n) is 11.3. The average Bonchev–Trinajstić information content (AvgIpc) is 2.85. The number of hydrogen-bond donors (Lipinski definition) is 2. The molecule has 8 nitrogen and oxygen atoms in total. The molecule has 1 heterocycles.